The maximum Gasteiger partial charge on any atom is 0.272 e. The Hall–Kier alpha value is -3.07. The molecule has 1 saturated heterocycles. The van der Waals surface area contributed by atoms with Gasteiger partial charge in [0.05, 0.1) is 24.7 Å². The molecular formula is C20H27N5O8S. The van der Waals surface area contributed by atoms with E-state index in [-0.39, 0.29) is 55.1 Å². The average molecular weight is 498 g/mol. The summed E-state index contributed by atoms with van der Waals surface area (Å²) in [6, 6.07) is 3.37. The lowest BCUT2D eigenvalue weighted by molar-refractivity contribution is -0.385. The van der Waals surface area contributed by atoms with Crippen LogP contribution >= 0.6 is 0 Å². The molecule has 0 spiro atoms. The lowest BCUT2D eigenvalue weighted by atomic mass is 10.2. The molecule has 2 heterocycles. The Balaban J connectivity index is 2.02. The molecule has 3 rings (SSSR count). The van der Waals surface area contributed by atoms with Crippen LogP contribution in [0.25, 0.3) is 0 Å². The van der Waals surface area contributed by atoms with Gasteiger partial charge in [-0.05, 0) is 19.9 Å². The lowest BCUT2D eigenvalue weighted by Crippen LogP contribution is -2.40. The van der Waals surface area contributed by atoms with Crippen molar-refractivity contribution in [2.24, 2.45) is 0 Å². The Labute approximate surface area is 196 Å². The third-order valence-corrected chi connectivity index (χ3v) is 7.09. The zero-order valence-electron chi connectivity index (χ0n) is 19.1. The molecule has 1 aromatic carbocycles. The molecule has 1 N–H and O–H groups in total. The molecular weight excluding hydrogens is 470 g/mol. The summed E-state index contributed by atoms with van der Waals surface area (Å²) < 4.78 is 45.4. The molecule has 14 heteroatoms. The zero-order valence-corrected chi connectivity index (χ0v) is 20.0. The van der Waals surface area contributed by atoms with Crippen molar-refractivity contribution >= 4 is 21.6 Å². The number of rotatable bonds is 10. The number of nitrogens with one attached hydrogen (secondary N) is 1. The van der Waals surface area contributed by atoms with Crippen LogP contribution in [0, 0.1) is 17.0 Å². The molecule has 0 atom stereocenters. The highest BCUT2D eigenvalue weighted by molar-refractivity contribution is 7.89. The number of morpholine rings is 1. The molecule has 1 aliphatic heterocycles. The first kappa shape index (κ1) is 25.6. The fourth-order valence-electron chi connectivity index (χ4n) is 3.37. The second-order valence-corrected chi connectivity index (χ2v) is 9.26. The maximum absolute atomic E-state index is 13.3. The Kier molecular flexibility index (Phi) is 8.19. The van der Waals surface area contributed by atoms with E-state index >= 15 is 0 Å². The van der Waals surface area contributed by atoms with Crippen LogP contribution in [0.3, 0.4) is 0 Å². The Morgan fingerprint density at radius 3 is 2.65 bits per heavy atom. The molecule has 34 heavy (non-hydrogen) atoms. The van der Waals surface area contributed by atoms with E-state index in [1.807, 2.05) is 0 Å². The molecule has 186 valence electrons. The Morgan fingerprint density at radius 2 is 2.03 bits per heavy atom. The summed E-state index contributed by atoms with van der Waals surface area (Å²) in [6.45, 7) is 5.02. The fraction of sp³-hybridized carbons (Fsp3) is 0.500. The Morgan fingerprint density at radius 1 is 1.32 bits per heavy atom. The molecule has 0 aliphatic carbocycles. The van der Waals surface area contributed by atoms with Gasteiger partial charge in [0.15, 0.2) is 5.69 Å². The van der Waals surface area contributed by atoms with Crippen molar-refractivity contribution in [3.8, 4) is 11.6 Å². The topological polar surface area (TPSA) is 155 Å². The van der Waals surface area contributed by atoms with Crippen LogP contribution in [0.2, 0.25) is 0 Å². The Bertz CT molecular complexity index is 1160. The van der Waals surface area contributed by atoms with Gasteiger partial charge in [0.25, 0.3) is 11.6 Å². The minimum atomic E-state index is -4.12. The number of benzene rings is 1. The monoisotopic (exact) mass is 497 g/mol. The van der Waals surface area contributed by atoms with E-state index in [1.54, 1.807) is 13.8 Å². The van der Waals surface area contributed by atoms with Gasteiger partial charge >= 0.3 is 0 Å². The number of amides is 1. The van der Waals surface area contributed by atoms with Gasteiger partial charge in [-0.3, -0.25) is 14.9 Å². The summed E-state index contributed by atoms with van der Waals surface area (Å²) in [5.41, 5.74) is 0.121. The number of sulfonamides is 1. The highest BCUT2D eigenvalue weighted by atomic mass is 32.2. The average Bonchev–Trinajstić information content (AvgIpc) is 3.15. The van der Waals surface area contributed by atoms with E-state index < -0.39 is 26.5 Å². The second-order valence-electron chi connectivity index (χ2n) is 7.35. The quantitative estimate of drug-likeness (QED) is 0.290. The van der Waals surface area contributed by atoms with E-state index in [2.05, 4.69) is 10.4 Å². The number of ether oxygens (including phenoxy) is 3. The van der Waals surface area contributed by atoms with Crippen LogP contribution in [0.1, 0.15) is 23.0 Å². The molecule has 1 amide bonds. The molecule has 1 aliphatic rings. The van der Waals surface area contributed by atoms with E-state index in [0.29, 0.717) is 18.7 Å². The molecule has 13 nitrogen and oxygen atoms in total. The van der Waals surface area contributed by atoms with E-state index in [4.69, 9.17) is 14.2 Å². The number of aromatic nitrogens is 2. The summed E-state index contributed by atoms with van der Waals surface area (Å²) in [6.07, 6.45) is 0. The van der Waals surface area contributed by atoms with Crippen molar-refractivity contribution in [2.75, 3.05) is 46.6 Å². The van der Waals surface area contributed by atoms with Gasteiger partial charge in [-0.1, -0.05) is 0 Å². The number of nitro groups is 1. The number of hydrogen-bond donors (Lipinski definition) is 1. The van der Waals surface area contributed by atoms with Gasteiger partial charge in [0, 0.05) is 51.0 Å². The highest BCUT2D eigenvalue weighted by Crippen LogP contribution is 2.36. The van der Waals surface area contributed by atoms with Crippen LogP contribution in [-0.4, -0.2) is 79.9 Å². The maximum atomic E-state index is 13.3. The normalized spacial score (nSPS) is 14.7. The number of carbonyl (C=O) groups is 1. The number of carbonyl (C=O) groups excluding carboxylic acids is 1. The van der Waals surface area contributed by atoms with E-state index in [0.717, 1.165) is 12.1 Å². The number of hydrogen-bond acceptors (Lipinski definition) is 9. The summed E-state index contributed by atoms with van der Waals surface area (Å²) in [7, 11) is -2.61. The minimum Gasteiger partial charge on any atom is -0.438 e. The minimum absolute atomic E-state index is 0.110. The first-order valence-corrected chi connectivity index (χ1v) is 12.0. The van der Waals surface area contributed by atoms with Gasteiger partial charge in [0.1, 0.15) is 10.6 Å². The number of methoxy groups -OCH3 is 1. The molecule has 0 radical (unpaired) electrons. The lowest BCUT2D eigenvalue weighted by Gasteiger charge is -2.26. The first-order valence-electron chi connectivity index (χ1n) is 10.6. The summed E-state index contributed by atoms with van der Waals surface area (Å²) in [5.74, 6) is -0.385. The molecule has 1 fully saturated rings. The molecule has 0 saturated carbocycles. The van der Waals surface area contributed by atoms with Gasteiger partial charge in [0.2, 0.25) is 15.9 Å². The van der Waals surface area contributed by atoms with Gasteiger partial charge in [-0.2, -0.15) is 9.40 Å². The van der Waals surface area contributed by atoms with Crippen LogP contribution in [0.4, 0.5) is 5.69 Å². The van der Waals surface area contributed by atoms with Crippen molar-refractivity contribution < 1.29 is 32.3 Å². The smallest absolute Gasteiger partial charge is 0.272 e. The number of non-ortho nitro benzene ring substituents is 1. The van der Waals surface area contributed by atoms with Crippen molar-refractivity contribution in [1.82, 2.24) is 19.4 Å². The SMILES string of the molecule is CCn1nc(C(=O)NCCOC)c(C)c1Oc1ccc([N+](=O)[O-])cc1S(=O)(=O)N1CCOCC1. The summed E-state index contributed by atoms with van der Waals surface area (Å²) >= 11 is 0. The van der Waals surface area contributed by atoms with Crippen molar-refractivity contribution in [1.29, 1.82) is 0 Å². The summed E-state index contributed by atoms with van der Waals surface area (Å²) in [5, 5.41) is 18.3. The predicted octanol–water partition coefficient (Wildman–Crippen LogP) is 1.31. The number of nitro benzene ring substituents is 1. The predicted molar refractivity (Wildman–Crippen MR) is 120 cm³/mol. The van der Waals surface area contributed by atoms with Crippen LogP contribution in [-0.2, 0) is 26.0 Å². The van der Waals surface area contributed by atoms with Gasteiger partial charge in [-0.15, -0.1) is 0 Å². The van der Waals surface area contributed by atoms with Gasteiger partial charge in [-0.25, -0.2) is 13.1 Å². The molecule has 2 aromatic rings. The summed E-state index contributed by atoms with van der Waals surface area (Å²) in [4.78, 5) is 22.9. The van der Waals surface area contributed by atoms with Crippen molar-refractivity contribution in [2.45, 2.75) is 25.3 Å². The standard InChI is InChI=1S/C20H27N5O8S/c1-4-24-20(14(2)18(22-24)19(26)21-7-10-31-3)33-16-6-5-15(25(27)28)13-17(16)34(29,30)23-8-11-32-12-9-23/h5-6,13H,4,7-12H2,1-3H3,(H,21,26). The molecule has 1 aromatic heterocycles. The largest absolute Gasteiger partial charge is 0.438 e. The van der Waals surface area contributed by atoms with Gasteiger partial charge < -0.3 is 19.5 Å². The number of nitrogens with zero attached hydrogens (tertiary/aromatic N) is 4. The van der Waals surface area contributed by atoms with Crippen molar-refractivity contribution in [3.63, 3.8) is 0 Å². The third-order valence-electron chi connectivity index (χ3n) is 5.17. The fourth-order valence-corrected chi connectivity index (χ4v) is 4.91. The molecule has 0 bridgehead atoms. The van der Waals surface area contributed by atoms with Crippen LogP contribution < -0.4 is 10.1 Å². The van der Waals surface area contributed by atoms with E-state index in [1.165, 1.54) is 22.2 Å². The third kappa shape index (κ3) is 5.35. The van der Waals surface area contributed by atoms with Crippen molar-refractivity contribution in [3.05, 3.63) is 39.6 Å². The van der Waals surface area contributed by atoms with E-state index in [9.17, 15) is 23.3 Å². The second kappa shape index (κ2) is 10.9. The molecule has 0 unspecified atom stereocenters. The number of aryl methyl sites for hydroxylation is 1. The first-order chi connectivity index (χ1) is 16.2. The highest BCUT2D eigenvalue weighted by Gasteiger charge is 2.32. The van der Waals surface area contributed by atoms with Crippen LogP contribution in [0.5, 0.6) is 11.6 Å². The van der Waals surface area contributed by atoms with Crippen LogP contribution in [0.15, 0.2) is 23.1 Å². The zero-order chi connectivity index (χ0) is 24.9.